The van der Waals surface area contributed by atoms with Crippen LogP contribution in [0.2, 0.25) is 0 Å². The fraction of sp³-hybridized carbons (Fsp3) is 0. The summed E-state index contributed by atoms with van der Waals surface area (Å²) >= 11 is 8.87. The lowest BCUT2D eigenvalue weighted by Crippen LogP contribution is -2.31. The van der Waals surface area contributed by atoms with Crippen molar-refractivity contribution in [1.29, 1.82) is 0 Å². The second-order valence-corrected chi connectivity index (χ2v) is 1.80. The van der Waals surface area contributed by atoms with Crippen LogP contribution in [0, 0.1) is 0 Å². The van der Waals surface area contributed by atoms with E-state index >= 15 is 0 Å². The smallest absolute Gasteiger partial charge is 0.212 e. The van der Waals surface area contributed by atoms with E-state index in [1.807, 2.05) is 0 Å². The first-order valence-electron chi connectivity index (χ1n) is 1.72. The van der Waals surface area contributed by atoms with Gasteiger partial charge in [-0.1, -0.05) is 24.4 Å². The van der Waals surface area contributed by atoms with Crippen molar-refractivity contribution in [3.8, 4) is 0 Å². The highest BCUT2D eigenvalue weighted by molar-refractivity contribution is 7.89. The molecule has 1 amide bonds. The number of nitrogens with two attached hydrogens (primary N) is 1. The van der Waals surface area contributed by atoms with E-state index in [0.717, 1.165) is 0 Å². The zero-order valence-electron chi connectivity index (χ0n) is 3.88. The van der Waals surface area contributed by atoms with Crippen LogP contribution in [0.3, 0.4) is 0 Å². The molecular formula is C3H4N2OS2. The third kappa shape index (κ3) is 2.59. The Balaban J connectivity index is 3.65. The molecule has 0 fully saturated rings. The van der Waals surface area contributed by atoms with Crippen LogP contribution < -0.4 is 11.1 Å². The molecule has 0 aliphatic heterocycles. The predicted molar refractivity (Wildman–Crippen MR) is 38.6 cm³/mol. The first-order chi connectivity index (χ1) is 3.68. The van der Waals surface area contributed by atoms with Gasteiger partial charge < -0.3 is 11.1 Å². The Labute approximate surface area is 57.2 Å². The number of rotatable bonds is 1. The topological polar surface area (TPSA) is 55.1 Å². The molecule has 0 atom stereocenters. The summed E-state index contributed by atoms with van der Waals surface area (Å²) in [4.78, 5) is 9.75. The van der Waals surface area contributed by atoms with E-state index < -0.39 is 0 Å². The van der Waals surface area contributed by atoms with Gasteiger partial charge in [-0.25, -0.2) is 0 Å². The number of nitrogens with one attached hydrogen (secondary N) is 1. The van der Waals surface area contributed by atoms with Gasteiger partial charge >= 0.3 is 0 Å². The largest absolute Gasteiger partial charge is 0.388 e. The number of thiocarbonyl (C=S) groups is 2. The predicted octanol–water partition coefficient (Wildman–Crippen LogP) is -0.654. The Morgan fingerprint density at radius 2 is 2.12 bits per heavy atom. The van der Waals surface area contributed by atoms with E-state index in [1.54, 1.807) is 0 Å². The molecule has 3 N–H and O–H groups in total. The van der Waals surface area contributed by atoms with Crippen molar-refractivity contribution >= 4 is 40.8 Å². The summed E-state index contributed by atoms with van der Waals surface area (Å²) in [5.74, 6) is 0. The molecule has 0 rings (SSSR count). The number of carbonyl (C=O) groups is 1. The summed E-state index contributed by atoms with van der Waals surface area (Å²) in [6, 6.07) is 0. The molecule has 0 saturated carbocycles. The third-order valence-electron chi connectivity index (χ3n) is 0.414. The number of hydrogen-bond donors (Lipinski definition) is 2. The summed E-state index contributed by atoms with van der Waals surface area (Å²) in [6.45, 7) is 0. The highest BCUT2D eigenvalue weighted by Crippen LogP contribution is 1.68. The van der Waals surface area contributed by atoms with Crippen molar-refractivity contribution < 1.29 is 4.79 Å². The van der Waals surface area contributed by atoms with Crippen LogP contribution in [0.1, 0.15) is 0 Å². The summed E-state index contributed by atoms with van der Waals surface area (Å²) < 4.78 is 0. The van der Waals surface area contributed by atoms with Gasteiger partial charge in [-0.15, -0.1) is 0 Å². The van der Waals surface area contributed by atoms with E-state index in [9.17, 15) is 4.79 Å². The maximum atomic E-state index is 9.61. The van der Waals surface area contributed by atoms with Gasteiger partial charge in [-0.05, 0) is 0 Å². The molecule has 0 aromatic heterocycles. The minimum Gasteiger partial charge on any atom is -0.388 e. The number of hydrogen-bond acceptors (Lipinski definition) is 3. The van der Waals surface area contributed by atoms with Crippen molar-refractivity contribution in [2.75, 3.05) is 0 Å². The number of amides is 1. The fourth-order valence-electron chi connectivity index (χ4n) is 0.125. The summed E-state index contributed by atoms with van der Waals surface area (Å²) in [7, 11) is 0. The number of carbonyl (C=O) groups excluding carboxylic acids is 1. The Morgan fingerprint density at radius 3 is 2.25 bits per heavy atom. The maximum Gasteiger partial charge on any atom is 0.212 e. The average molecular weight is 148 g/mol. The Kier molecular flexibility index (Phi) is 3.21. The molecule has 0 radical (unpaired) electrons. The minimum absolute atomic E-state index is 0.0344. The molecule has 0 saturated heterocycles. The second kappa shape index (κ2) is 3.45. The molecule has 3 nitrogen and oxygen atoms in total. The molecule has 0 heterocycles. The average Bonchev–Trinajstić information content (AvgIpc) is 1.67. The van der Waals surface area contributed by atoms with E-state index in [4.69, 9.17) is 5.73 Å². The lowest BCUT2D eigenvalue weighted by Gasteiger charge is -1.93. The lowest BCUT2D eigenvalue weighted by atomic mass is 10.6. The molecule has 44 valence electrons. The second-order valence-electron chi connectivity index (χ2n) is 0.956. The van der Waals surface area contributed by atoms with Crippen molar-refractivity contribution in [3.05, 3.63) is 0 Å². The van der Waals surface area contributed by atoms with Crippen LogP contribution in [-0.2, 0) is 4.79 Å². The molecule has 0 aliphatic rings. The summed E-state index contributed by atoms with van der Waals surface area (Å²) in [5, 5.41) is 2.13. The fourth-order valence-corrected chi connectivity index (χ4v) is 0.232. The highest BCUT2D eigenvalue weighted by atomic mass is 32.1. The van der Waals surface area contributed by atoms with Crippen LogP contribution in [0.25, 0.3) is 0 Å². The van der Waals surface area contributed by atoms with E-state index in [1.165, 1.54) is 0 Å². The molecule has 0 aliphatic carbocycles. The SMILES string of the molecule is NC(=S)C(=S)NC=O. The molecule has 5 heteroatoms. The van der Waals surface area contributed by atoms with Crippen molar-refractivity contribution in [2.24, 2.45) is 5.73 Å². The zero-order valence-corrected chi connectivity index (χ0v) is 5.51. The normalized spacial score (nSPS) is 7.50. The van der Waals surface area contributed by atoms with Gasteiger partial charge in [0.2, 0.25) is 6.41 Å². The van der Waals surface area contributed by atoms with Gasteiger partial charge in [0, 0.05) is 0 Å². The summed E-state index contributed by atoms with van der Waals surface area (Å²) in [6.07, 6.45) is 0.432. The Morgan fingerprint density at radius 1 is 1.62 bits per heavy atom. The van der Waals surface area contributed by atoms with Gasteiger partial charge in [0.1, 0.15) is 9.98 Å². The van der Waals surface area contributed by atoms with E-state index in [0.29, 0.717) is 6.41 Å². The van der Waals surface area contributed by atoms with Crippen molar-refractivity contribution in [2.45, 2.75) is 0 Å². The molecule has 0 bridgehead atoms. The van der Waals surface area contributed by atoms with Gasteiger partial charge in [-0.2, -0.15) is 0 Å². The van der Waals surface area contributed by atoms with E-state index in [2.05, 4.69) is 29.8 Å². The summed E-state index contributed by atoms with van der Waals surface area (Å²) in [5.41, 5.74) is 4.99. The monoisotopic (exact) mass is 148 g/mol. The van der Waals surface area contributed by atoms with Crippen molar-refractivity contribution in [3.63, 3.8) is 0 Å². The highest BCUT2D eigenvalue weighted by Gasteiger charge is 1.93. The standard InChI is InChI=1S/C3H4N2OS2/c4-2(7)3(8)5-1-6/h1H,(H2,4,7)(H,5,6,8). The minimum atomic E-state index is 0.0344. The Bertz CT molecular complexity index is 133. The van der Waals surface area contributed by atoms with Gasteiger partial charge in [-0.3, -0.25) is 4.79 Å². The Hall–Kier alpha value is -0.550. The molecule has 0 spiro atoms. The first kappa shape index (κ1) is 7.45. The van der Waals surface area contributed by atoms with Gasteiger partial charge in [0.15, 0.2) is 0 Å². The zero-order chi connectivity index (χ0) is 6.57. The molecule has 0 aromatic carbocycles. The van der Waals surface area contributed by atoms with Gasteiger partial charge in [0.25, 0.3) is 0 Å². The van der Waals surface area contributed by atoms with E-state index in [-0.39, 0.29) is 9.98 Å². The molecule has 0 aromatic rings. The third-order valence-corrected chi connectivity index (χ3v) is 1.08. The van der Waals surface area contributed by atoms with Crippen LogP contribution >= 0.6 is 24.4 Å². The molecule has 0 unspecified atom stereocenters. The quantitative estimate of drug-likeness (QED) is 0.383. The van der Waals surface area contributed by atoms with Crippen LogP contribution in [0.5, 0.6) is 0 Å². The first-order valence-corrected chi connectivity index (χ1v) is 2.54. The lowest BCUT2D eigenvalue weighted by molar-refractivity contribution is -0.108. The maximum absolute atomic E-state index is 9.61. The van der Waals surface area contributed by atoms with Crippen LogP contribution in [0.15, 0.2) is 0 Å². The van der Waals surface area contributed by atoms with Crippen LogP contribution in [0.4, 0.5) is 0 Å². The molecule has 8 heavy (non-hydrogen) atoms. The van der Waals surface area contributed by atoms with Gasteiger partial charge in [0.05, 0.1) is 0 Å². The van der Waals surface area contributed by atoms with Crippen molar-refractivity contribution in [1.82, 2.24) is 5.32 Å². The van der Waals surface area contributed by atoms with Crippen LogP contribution in [-0.4, -0.2) is 16.4 Å². The molecular weight excluding hydrogens is 144 g/mol.